The van der Waals surface area contributed by atoms with Crippen molar-refractivity contribution in [2.75, 3.05) is 5.32 Å². The highest BCUT2D eigenvalue weighted by Gasteiger charge is 2.23. The molecule has 0 saturated heterocycles. The largest absolute Gasteiger partial charge is 0.480 e. The monoisotopic (exact) mass is 287 g/mol. The first-order valence-corrected chi connectivity index (χ1v) is 6.62. The lowest BCUT2D eigenvalue weighted by Gasteiger charge is -2.18. The quantitative estimate of drug-likeness (QED) is 0.805. The van der Waals surface area contributed by atoms with Crippen molar-refractivity contribution in [1.82, 2.24) is 10.3 Å². The summed E-state index contributed by atoms with van der Waals surface area (Å²) >= 11 is 0. The zero-order valence-corrected chi connectivity index (χ0v) is 11.8. The van der Waals surface area contributed by atoms with Crippen molar-refractivity contribution < 1.29 is 14.7 Å². The number of nitrogens with one attached hydrogen (secondary N) is 2. The van der Waals surface area contributed by atoms with E-state index in [4.69, 9.17) is 5.11 Å². The third-order valence-electron chi connectivity index (χ3n) is 3.08. The Kier molecular flexibility index (Phi) is 4.37. The number of amides is 2. The highest BCUT2D eigenvalue weighted by molar-refractivity contribution is 5.94. The van der Waals surface area contributed by atoms with E-state index in [0.29, 0.717) is 5.69 Å². The number of carboxylic acid groups (broad SMARTS) is 1. The van der Waals surface area contributed by atoms with Gasteiger partial charge in [0, 0.05) is 17.3 Å². The van der Waals surface area contributed by atoms with E-state index in [9.17, 15) is 9.59 Å². The zero-order valence-electron chi connectivity index (χ0n) is 11.8. The first-order chi connectivity index (χ1) is 9.97. The molecule has 6 nitrogen and oxygen atoms in total. The van der Waals surface area contributed by atoms with Gasteiger partial charge in [0.25, 0.3) is 0 Å². The van der Waals surface area contributed by atoms with E-state index >= 15 is 0 Å². The summed E-state index contributed by atoms with van der Waals surface area (Å²) in [6.07, 6.45) is 1.70. The molecule has 0 spiro atoms. The van der Waals surface area contributed by atoms with Crippen LogP contribution in [0.5, 0.6) is 0 Å². The summed E-state index contributed by atoms with van der Waals surface area (Å²) in [5.41, 5.74) is 1.41. The molecule has 2 aromatic rings. The van der Waals surface area contributed by atoms with Crippen LogP contribution in [0, 0.1) is 5.92 Å². The molecule has 2 amide bonds. The second kappa shape index (κ2) is 6.21. The van der Waals surface area contributed by atoms with Crippen molar-refractivity contribution in [3.63, 3.8) is 0 Å². The summed E-state index contributed by atoms with van der Waals surface area (Å²) < 4.78 is 0. The lowest BCUT2D eigenvalue weighted by atomic mass is 10.1. The summed E-state index contributed by atoms with van der Waals surface area (Å²) in [7, 11) is 0. The maximum absolute atomic E-state index is 11.9. The van der Waals surface area contributed by atoms with Crippen LogP contribution in [0.2, 0.25) is 0 Å². The van der Waals surface area contributed by atoms with Crippen molar-refractivity contribution in [3.05, 3.63) is 36.5 Å². The predicted molar refractivity (Wildman–Crippen MR) is 80.2 cm³/mol. The average molecular weight is 287 g/mol. The third-order valence-corrected chi connectivity index (χ3v) is 3.08. The average Bonchev–Trinajstić information content (AvgIpc) is 2.44. The minimum atomic E-state index is -1.05. The maximum atomic E-state index is 11.9. The first-order valence-electron chi connectivity index (χ1n) is 6.62. The van der Waals surface area contributed by atoms with Crippen LogP contribution in [0.1, 0.15) is 13.8 Å². The molecule has 0 fully saturated rings. The number of pyridine rings is 1. The minimum Gasteiger partial charge on any atom is -0.480 e. The molecule has 1 aromatic heterocycles. The topological polar surface area (TPSA) is 91.3 Å². The third kappa shape index (κ3) is 3.68. The van der Waals surface area contributed by atoms with Crippen molar-refractivity contribution in [2.24, 2.45) is 5.92 Å². The van der Waals surface area contributed by atoms with Crippen LogP contribution in [0.15, 0.2) is 36.5 Å². The van der Waals surface area contributed by atoms with Gasteiger partial charge in [0.1, 0.15) is 6.04 Å². The molecule has 0 saturated carbocycles. The molecular formula is C15H17N3O3. The van der Waals surface area contributed by atoms with Gasteiger partial charge in [0.05, 0.1) is 5.52 Å². The molecule has 1 heterocycles. The lowest BCUT2D eigenvalue weighted by molar-refractivity contribution is -0.140. The van der Waals surface area contributed by atoms with Gasteiger partial charge in [-0.15, -0.1) is 0 Å². The Hall–Kier alpha value is -2.63. The van der Waals surface area contributed by atoms with E-state index in [2.05, 4.69) is 15.6 Å². The maximum Gasteiger partial charge on any atom is 0.326 e. The first kappa shape index (κ1) is 14.8. The summed E-state index contributed by atoms with van der Waals surface area (Å²) in [6, 6.07) is 7.53. The van der Waals surface area contributed by atoms with E-state index < -0.39 is 18.0 Å². The SMILES string of the molecule is CC(C)C(NC(=O)Nc1ccc2ncccc2c1)C(=O)O. The molecule has 0 aliphatic heterocycles. The number of aromatic nitrogens is 1. The van der Waals surface area contributed by atoms with Crippen LogP contribution in [-0.2, 0) is 4.79 Å². The van der Waals surface area contributed by atoms with Gasteiger partial charge in [-0.1, -0.05) is 19.9 Å². The number of rotatable bonds is 4. The molecule has 0 aliphatic rings. The van der Waals surface area contributed by atoms with Gasteiger partial charge in [0.15, 0.2) is 0 Å². The van der Waals surface area contributed by atoms with Crippen LogP contribution in [0.3, 0.4) is 0 Å². The number of nitrogens with zero attached hydrogens (tertiary/aromatic N) is 1. The number of benzene rings is 1. The van der Waals surface area contributed by atoms with Crippen LogP contribution >= 0.6 is 0 Å². The minimum absolute atomic E-state index is 0.200. The fourth-order valence-corrected chi connectivity index (χ4v) is 1.98. The van der Waals surface area contributed by atoms with Gasteiger partial charge in [-0.2, -0.15) is 0 Å². The van der Waals surface area contributed by atoms with E-state index in [0.717, 1.165) is 10.9 Å². The number of fused-ring (bicyclic) bond motifs is 1. The Morgan fingerprint density at radius 3 is 2.67 bits per heavy atom. The molecule has 2 rings (SSSR count). The van der Waals surface area contributed by atoms with Crippen LogP contribution in [0.25, 0.3) is 10.9 Å². The number of carboxylic acids is 1. The van der Waals surface area contributed by atoms with Gasteiger partial charge in [-0.05, 0) is 30.2 Å². The Labute approximate surface area is 122 Å². The van der Waals surface area contributed by atoms with Gasteiger partial charge >= 0.3 is 12.0 Å². The number of urea groups is 1. The summed E-state index contributed by atoms with van der Waals surface area (Å²) in [5, 5.41) is 15.0. The molecule has 0 aliphatic carbocycles. The van der Waals surface area contributed by atoms with Crippen molar-refractivity contribution >= 4 is 28.6 Å². The number of hydrogen-bond acceptors (Lipinski definition) is 3. The molecule has 6 heteroatoms. The second-order valence-electron chi connectivity index (χ2n) is 5.07. The molecule has 3 N–H and O–H groups in total. The normalized spacial score (nSPS) is 12.1. The number of carbonyl (C=O) groups excluding carboxylic acids is 1. The van der Waals surface area contributed by atoms with E-state index in [1.807, 2.05) is 12.1 Å². The van der Waals surface area contributed by atoms with Crippen LogP contribution in [0.4, 0.5) is 10.5 Å². The fourth-order valence-electron chi connectivity index (χ4n) is 1.98. The Morgan fingerprint density at radius 1 is 1.24 bits per heavy atom. The van der Waals surface area contributed by atoms with Crippen LogP contribution < -0.4 is 10.6 Å². The van der Waals surface area contributed by atoms with Crippen LogP contribution in [-0.4, -0.2) is 28.1 Å². The highest BCUT2D eigenvalue weighted by Crippen LogP contribution is 2.16. The Morgan fingerprint density at radius 2 is 2.00 bits per heavy atom. The summed E-state index contributed by atoms with van der Waals surface area (Å²) in [4.78, 5) is 27.1. The predicted octanol–water partition coefficient (Wildman–Crippen LogP) is 2.47. The van der Waals surface area contributed by atoms with E-state index in [1.165, 1.54) is 0 Å². The van der Waals surface area contributed by atoms with E-state index in [-0.39, 0.29) is 5.92 Å². The second-order valence-corrected chi connectivity index (χ2v) is 5.07. The fraction of sp³-hybridized carbons (Fsp3) is 0.267. The van der Waals surface area contributed by atoms with Crippen molar-refractivity contribution in [3.8, 4) is 0 Å². The molecule has 1 atom stereocenters. The van der Waals surface area contributed by atoms with Gasteiger partial charge in [-0.25, -0.2) is 9.59 Å². The Balaban J connectivity index is 2.08. The molecule has 1 unspecified atom stereocenters. The standard InChI is InChI=1S/C15H17N3O3/c1-9(2)13(14(19)20)18-15(21)17-11-5-6-12-10(8-11)4-3-7-16-12/h3-9,13H,1-2H3,(H,19,20)(H2,17,18,21). The van der Waals surface area contributed by atoms with Gasteiger partial charge in [0.2, 0.25) is 0 Å². The number of anilines is 1. The number of hydrogen-bond donors (Lipinski definition) is 3. The van der Waals surface area contributed by atoms with Crippen molar-refractivity contribution in [2.45, 2.75) is 19.9 Å². The van der Waals surface area contributed by atoms with Gasteiger partial charge < -0.3 is 15.7 Å². The lowest BCUT2D eigenvalue weighted by Crippen LogP contribution is -2.46. The van der Waals surface area contributed by atoms with Gasteiger partial charge in [-0.3, -0.25) is 4.98 Å². The number of carbonyl (C=O) groups is 2. The smallest absolute Gasteiger partial charge is 0.326 e. The molecule has 1 aromatic carbocycles. The molecule has 21 heavy (non-hydrogen) atoms. The molecule has 110 valence electrons. The summed E-state index contributed by atoms with van der Waals surface area (Å²) in [5.74, 6) is -1.25. The Bertz CT molecular complexity index is 670. The molecular weight excluding hydrogens is 270 g/mol. The molecule has 0 bridgehead atoms. The zero-order chi connectivity index (χ0) is 15.4. The van der Waals surface area contributed by atoms with Crippen molar-refractivity contribution in [1.29, 1.82) is 0 Å². The van der Waals surface area contributed by atoms with E-state index in [1.54, 1.807) is 38.2 Å². The number of aliphatic carboxylic acids is 1. The highest BCUT2D eigenvalue weighted by atomic mass is 16.4. The molecule has 0 radical (unpaired) electrons. The summed E-state index contributed by atoms with van der Waals surface area (Å²) in [6.45, 7) is 3.47.